The van der Waals surface area contributed by atoms with Gasteiger partial charge in [-0.05, 0) is 24.7 Å². The number of hydrogen-bond acceptors (Lipinski definition) is 1. The highest BCUT2D eigenvalue weighted by Gasteiger charge is 2.46. The Labute approximate surface area is 69.3 Å². The summed E-state index contributed by atoms with van der Waals surface area (Å²) < 4.78 is 0. The van der Waals surface area contributed by atoms with E-state index in [0.29, 0.717) is 11.7 Å². The largest absolute Gasteiger partial charge is 0.299 e. The standard InChI is InChI=1S/C8H11BrO/c9-4-5-1-6-3-8(10)7(6)2-5/h5-7H,1-4H2/t5-,6-,7-/m1/s1. The minimum atomic E-state index is 0.475. The Morgan fingerprint density at radius 1 is 1.50 bits per heavy atom. The minimum absolute atomic E-state index is 0.475. The molecule has 0 saturated heterocycles. The Morgan fingerprint density at radius 2 is 2.30 bits per heavy atom. The Hall–Kier alpha value is 0.150. The molecule has 2 aliphatic rings. The molecule has 1 nitrogen and oxygen atoms in total. The van der Waals surface area contributed by atoms with E-state index in [1.807, 2.05) is 0 Å². The summed E-state index contributed by atoms with van der Waals surface area (Å²) in [6, 6.07) is 0. The van der Waals surface area contributed by atoms with Crippen LogP contribution in [0.3, 0.4) is 0 Å². The molecule has 56 valence electrons. The van der Waals surface area contributed by atoms with Gasteiger partial charge in [-0.1, -0.05) is 15.9 Å². The van der Waals surface area contributed by atoms with E-state index in [0.717, 1.165) is 30.0 Å². The molecule has 2 fully saturated rings. The van der Waals surface area contributed by atoms with Gasteiger partial charge in [0, 0.05) is 17.7 Å². The number of ketones is 1. The van der Waals surface area contributed by atoms with Crippen molar-refractivity contribution in [2.24, 2.45) is 17.8 Å². The number of halogens is 1. The lowest BCUT2D eigenvalue weighted by Crippen LogP contribution is -2.32. The number of Topliss-reactive ketones (excluding diaryl/α,β-unsaturated/α-hetero) is 1. The van der Waals surface area contributed by atoms with Crippen molar-refractivity contribution in [3.63, 3.8) is 0 Å². The predicted molar refractivity (Wildman–Crippen MR) is 43.1 cm³/mol. The van der Waals surface area contributed by atoms with Crippen LogP contribution in [0.1, 0.15) is 19.3 Å². The lowest BCUT2D eigenvalue weighted by atomic mass is 9.75. The van der Waals surface area contributed by atoms with Crippen LogP contribution in [-0.2, 0) is 4.79 Å². The molecule has 0 heterocycles. The molecule has 0 aromatic carbocycles. The quantitative estimate of drug-likeness (QED) is 0.595. The highest BCUT2D eigenvalue weighted by atomic mass is 79.9. The van der Waals surface area contributed by atoms with Gasteiger partial charge in [0.2, 0.25) is 0 Å². The van der Waals surface area contributed by atoms with Crippen LogP contribution in [0.25, 0.3) is 0 Å². The fourth-order valence-corrected chi connectivity index (χ4v) is 2.76. The topological polar surface area (TPSA) is 17.1 Å². The lowest BCUT2D eigenvalue weighted by Gasteiger charge is -2.27. The first kappa shape index (κ1) is 6.84. The zero-order valence-corrected chi connectivity index (χ0v) is 7.43. The number of carbonyl (C=O) groups excluding carboxylic acids is 1. The molecule has 10 heavy (non-hydrogen) atoms. The molecule has 0 aromatic rings. The number of carbonyl (C=O) groups is 1. The van der Waals surface area contributed by atoms with E-state index in [-0.39, 0.29) is 0 Å². The summed E-state index contributed by atoms with van der Waals surface area (Å²) in [5.74, 6) is 2.56. The van der Waals surface area contributed by atoms with E-state index in [2.05, 4.69) is 15.9 Å². The van der Waals surface area contributed by atoms with Crippen molar-refractivity contribution >= 4 is 21.7 Å². The highest BCUT2D eigenvalue weighted by molar-refractivity contribution is 9.09. The first-order chi connectivity index (χ1) is 4.81. The smallest absolute Gasteiger partial charge is 0.136 e. The van der Waals surface area contributed by atoms with E-state index < -0.39 is 0 Å². The first-order valence-electron chi connectivity index (χ1n) is 3.90. The maximum atomic E-state index is 11.0. The maximum absolute atomic E-state index is 11.0. The molecule has 3 atom stereocenters. The van der Waals surface area contributed by atoms with Crippen LogP contribution in [0.15, 0.2) is 0 Å². The number of fused-ring (bicyclic) bond motifs is 1. The fourth-order valence-electron chi connectivity index (χ4n) is 2.24. The van der Waals surface area contributed by atoms with Gasteiger partial charge in [0.15, 0.2) is 0 Å². The van der Waals surface area contributed by atoms with Crippen molar-refractivity contribution in [3.8, 4) is 0 Å². The van der Waals surface area contributed by atoms with Gasteiger partial charge in [0.25, 0.3) is 0 Å². The summed E-state index contributed by atoms with van der Waals surface area (Å²) in [5.41, 5.74) is 0. The fraction of sp³-hybridized carbons (Fsp3) is 0.875. The van der Waals surface area contributed by atoms with Crippen molar-refractivity contribution in [3.05, 3.63) is 0 Å². The molecule has 0 amide bonds. The van der Waals surface area contributed by atoms with Crippen molar-refractivity contribution < 1.29 is 4.79 Å². The molecule has 2 saturated carbocycles. The summed E-state index contributed by atoms with van der Waals surface area (Å²) in [4.78, 5) is 11.0. The van der Waals surface area contributed by atoms with Crippen LogP contribution in [0.2, 0.25) is 0 Å². The third-order valence-electron chi connectivity index (χ3n) is 2.89. The molecule has 0 N–H and O–H groups in total. The Morgan fingerprint density at radius 3 is 2.80 bits per heavy atom. The van der Waals surface area contributed by atoms with Crippen LogP contribution in [0.5, 0.6) is 0 Å². The first-order valence-corrected chi connectivity index (χ1v) is 5.02. The summed E-state index contributed by atoms with van der Waals surface area (Å²) >= 11 is 3.47. The average Bonchev–Trinajstić information content (AvgIpc) is 2.26. The Kier molecular flexibility index (Phi) is 1.59. The molecule has 2 aliphatic carbocycles. The summed E-state index contributed by atoms with van der Waals surface area (Å²) in [5, 5.41) is 1.09. The van der Waals surface area contributed by atoms with Gasteiger partial charge in [-0.3, -0.25) is 4.79 Å². The molecule has 2 heteroatoms. The SMILES string of the molecule is O=C1C[C@H]2C[C@@H](CBr)C[C@@H]12. The zero-order valence-electron chi connectivity index (χ0n) is 5.85. The minimum Gasteiger partial charge on any atom is -0.299 e. The molecular weight excluding hydrogens is 192 g/mol. The highest BCUT2D eigenvalue weighted by Crippen LogP contribution is 2.47. The predicted octanol–water partition coefficient (Wildman–Crippen LogP) is 2.00. The molecule has 0 aromatic heterocycles. The van der Waals surface area contributed by atoms with Crippen LogP contribution in [0.4, 0.5) is 0 Å². The van der Waals surface area contributed by atoms with Crippen LogP contribution < -0.4 is 0 Å². The van der Waals surface area contributed by atoms with Crippen molar-refractivity contribution in [2.45, 2.75) is 19.3 Å². The third kappa shape index (κ3) is 0.849. The van der Waals surface area contributed by atoms with Crippen molar-refractivity contribution in [2.75, 3.05) is 5.33 Å². The Bertz CT molecular complexity index is 167. The van der Waals surface area contributed by atoms with Gasteiger partial charge in [-0.15, -0.1) is 0 Å². The average molecular weight is 203 g/mol. The van der Waals surface area contributed by atoms with Crippen LogP contribution in [0, 0.1) is 17.8 Å². The van der Waals surface area contributed by atoms with E-state index in [4.69, 9.17) is 0 Å². The second-order valence-electron chi connectivity index (χ2n) is 3.53. The molecule has 0 spiro atoms. The van der Waals surface area contributed by atoms with Crippen LogP contribution in [-0.4, -0.2) is 11.1 Å². The molecular formula is C8H11BrO. The summed E-state index contributed by atoms with van der Waals surface area (Å²) in [6.07, 6.45) is 3.34. The summed E-state index contributed by atoms with van der Waals surface area (Å²) in [7, 11) is 0. The van der Waals surface area contributed by atoms with E-state index >= 15 is 0 Å². The number of alkyl halides is 1. The van der Waals surface area contributed by atoms with Crippen LogP contribution >= 0.6 is 15.9 Å². The third-order valence-corrected chi connectivity index (χ3v) is 3.80. The molecule has 0 aliphatic heterocycles. The second-order valence-corrected chi connectivity index (χ2v) is 4.18. The zero-order chi connectivity index (χ0) is 7.14. The van der Waals surface area contributed by atoms with Gasteiger partial charge in [-0.25, -0.2) is 0 Å². The molecule has 0 radical (unpaired) electrons. The normalized spacial score (nSPS) is 44.9. The van der Waals surface area contributed by atoms with E-state index in [1.54, 1.807) is 0 Å². The van der Waals surface area contributed by atoms with E-state index in [1.165, 1.54) is 6.42 Å². The Balaban J connectivity index is 1.99. The lowest BCUT2D eigenvalue weighted by molar-refractivity contribution is -0.132. The van der Waals surface area contributed by atoms with Gasteiger partial charge >= 0.3 is 0 Å². The second kappa shape index (κ2) is 2.33. The van der Waals surface area contributed by atoms with Gasteiger partial charge in [0.05, 0.1) is 0 Å². The molecule has 0 bridgehead atoms. The van der Waals surface area contributed by atoms with Gasteiger partial charge in [-0.2, -0.15) is 0 Å². The van der Waals surface area contributed by atoms with Crippen molar-refractivity contribution in [1.29, 1.82) is 0 Å². The molecule has 2 rings (SSSR count). The number of rotatable bonds is 1. The van der Waals surface area contributed by atoms with Gasteiger partial charge in [0.1, 0.15) is 5.78 Å². The van der Waals surface area contributed by atoms with Gasteiger partial charge < -0.3 is 0 Å². The number of hydrogen-bond donors (Lipinski definition) is 0. The maximum Gasteiger partial charge on any atom is 0.136 e. The monoisotopic (exact) mass is 202 g/mol. The molecule has 0 unspecified atom stereocenters. The van der Waals surface area contributed by atoms with Crippen molar-refractivity contribution in [1.82, 2.24) is 0 Å². The summed E-state index contributed by atoms with van der Waals surface area (Å²) in [6.45, 7) is 0. The van der Waals surface area contributed by atoms with E-state index in [9.17, 15) is 4.79 Å².